The predicted molar refractivity (Wildman–Crippen MR) is 87.6 cm³/mol. The molecule has 0 saturated heterocycles. The van der Waals surface area contributed by atoms with Crippen molar-refractivity contribution >= 4 is 39.5 Å². The SMILES string of the molecule is CCOC(=O)c1nc(I)c2onc(-c3ccccc3)c2c1O. The number of aromatic hydroxyl groups is 1. The van der Waals surface area contributed by atoms with E-state index in [0.29, 0.717) is 20.4 Å². The number of ether oxygens (including phenoxy) is 1. The molecule has 6 nitrogen and oxygen atoms in total. The van der Waals surface area contributed by atoms with Crippen molar-refractivity contribution in [2.75, 3.05) is 6.61 Å². The van der Waals surface area contributed by atoms with Gasteiger partial charge in [-0.1, -0.05) is 35.5 Å². The molecular formula is C15H11IN2O4. The zero-order chi connectivity index (χ0) is 15.7. The predicted octanol–water partition coefficient (Wildman–Crippen LogP) is 3.38. The van der Waals surface area contributed by atoms with Crippen LogP contribution in [0.4, 0.5) is 0 Å². The lowest BCUT2D eigenvalue weighted by atomic mass is 10.1. The molecule has 0 amide bonds. The molecule has 0 aliphatic heterocycles. The van der Waals surface area contributed by atoms with Crippen molar-refractivity contribution in [3.63, 3.8) is 0 Å². The van der Waals surface area contributed by atoms with Crippen LogP contribution in [-0.2, 0) is 4.74 Å². The monoisotopic (exact) mass is 410 g/mol. The van der Waals surface area contributed by atoms with Crippen molar-refractivity contribution in [3.8, 4) is 17.0 Å². The van der Waals surface area contributed by atoms with Crippen LogP contribution in [0.25, 0.3) is 22.2 Å². The van der Waals surface area contributed by atoms with Crippen LogP contribution < -0.4 is 0 Å². The number of aromatic nitrogens is 2. The highest BCUT2D eigenvalue weighted by Crippen LogP contribution is 2.37. The Hall–Kier alpha value is -2.16. The molecule has 0 atom stereocenters. The Morgan fingerprint density at radius 2 is 2.09 bits per heavy atom. The van der Waals surface area contributed by atoms with Crippen molar-refractivity contribution in [1.82, 2.24) is 10.1 Å². The molecule has 112 valence electrons. The van der Waals surface area contributed by atoms with E-state index in [0.717, 1.165) is 5.56 Å². The van der Waals surface area contributed by atoms with Gasteiger partial charge in [0, 0.05) is 5.56 Å². The average molecular weight is 410 g/mol. The maximum Gasteiger partial charge on any atom is 0.360 e. The summed E-state index contributed by atoms with van der Waals surface area (Å²) < 4.78 is 10.6. The van der Waals surface area contributed by atoms with Gasteiger partial charge in [0.2, 0.25) is 5.58 Å². The highest BCUT2D eigenvalue weighted by Gasteiger charge is 2.25. The molecule has 7 heteroatoms. The van der Waals surface area contributed by atoms with E-state index in [2.05, 4.69) is 10.1 Å². The second kappa shape index (κ2) is 5.91. The van der Waals surface area contributed by atoms with Crippen LogP contribution in [0.15, 0.2) is 34.9 Å². The molecule has 3 rings (SSSR count). The molecule has 3 aromatic rings. The number of esters is 1. The molecule has 0 saturated carbocycles. The fraction of sp³-hybridized carbons (Fsp3) is 0.133. The third kappa shape index (κ3) is 2.41. The lowest BCUT2D eigenvalue weighted by Crippen LogP contribution is -2.08. The number of halogens is 1. The summed E-state index contributed by atoms with van der Waals surface area (Å²) in [5, 5.41) is 14.8. The number of carbonyl (C=O) groups is 1. The molecule has 1 N–H and O–H groups in total. The van der Waals surface area contributed by atoms with E-state index in [1.54, 1.807) is 6.92 Å². The number of hydrogen-bond acceptors (Lipinski definition) is 6. The Labute approximate surface area is 139 Å². The number of benzene rings is 1. The van der Waals surface area contributed by atoms with Gasteiger partial charge in [0.05, 0.1) is 12.0 Å². The molecule has 0 aliphatic rings. The number of carbonyl (C=O) groups excluding carboxylic acids is 1. The summed E-state index contributed by atoms with van der Waals surface area (Å²) in [7, 11) is 0. The number of rotatable bonds is 3. The van der Waals surface area contributed by atoms with Crippen molar-refractivity contribution < 1.29 is 19.2 Å². The molecule has 0 unspecified atom stereocenters. The average Bonchev–Trinajstić information content (AvgIpc) is 2.97. The van der Waals surface area contributed by atoms with Crippen LogP contribution in [0.5, 0.6) is 5.75 Å². The quantitative estimate of drug-likeness (QED) is 0.405. The summed E-state index contributed by atoms with van der Waals surface area (Å²) in [4.78, 5) is 16.0. The highest BCUT2D eigenvalue weighted by atomic mass is 127. The Kier molecular flexibility index (Phi) is 3.97. The first-order valence-corrected chi connectivity index (χ1v) is 7.61. The topological polar surface area (TPSA) is 85.5 Å². The van der Waals surface area contributed by atoms with Crippen molar-refractivity contribution in [3.05, 3.63) is 39.7 Å². The first-order valence-electron chi connectivity index (χ1n) is 6.53. The lowest BCUT2D eigenvalue weighted by molar-refractivity contribution is 0.0516. The van der Waals surface area contributed by atoms with Gasteiger partial charge in [-0.3, -0.25) is 0 Å². The van der Waals surface area contributed by atoms with Gasteiger partial charge in [0.25, 0.3) is 0 Å². The third-order valence-electron chi connectivity index (χ3n) is 3.07. The largest absolute Gasteiger partial charge is 0.505 e. The van der Waals surface area contributed by atoms with Crippen LogP contribution in [0.1, 0.15) is 17.4 Å². The first kappa shape index (κ1) is 14.8. The minimum absolute atomic E-state index is 0.140. The van der Waals surface area contributed by atoms with Gasteiger partial charge in [0.1, 0.15) is 9.39 Å². The van der Waals surface area contributed by atoms with Crippen LogP contribution in [0.2, 0.25) is 0 Å². The van der Waals surface area contributed by atoms with Crippen LogP contribution in [0.3, 0.4) is 0 Å². The van der Waals surface area contributed by atoms with Crippen molar-refractivity contribution in [2.45, 2.75) is 6.92 Å². The molecular weight excluding hydrogens is 399 g/mol. The smallest absolute Gasteiger partial charge is 0.360 e. The van der Waals surface area contributed by atoms with E-state index in [9.17, 15) is 9.90 Å². The molecule has 0 spiro atoms. The van der Waals surface area contributed by atoms with E-state index < -0.39 is 5.97 Å². The fourth-order valence-corrected chi connectivity index (χ4v) is 2.72. The first-order chi connectivity index (χ1) is 10.6. The number of hydrogen-bond donors (Lipinski definition) is 1. The highest BCUT2D eigenvalue weighted by molar-refractivity contribution is 14.1. The van der Waals surface area contributed by atoms with E-state index in [1.165, 1.54) is 0 Å². The molecule has 2 heterocycles. The minimum Gasteiger partial charge on any atom is -0.505 e. The maximum absolute atomic E-state index is 11.9. The Morgan fingerprint density at radius 1 is 1.36 bits per heavy atom. The molecule has 2 aromatic heterocycles. The van der Waals surface area contributed by atoms with Gasteiger partial charge < -0.3 is 14.4 Å². The van der Waals surface area contributed by atoms with Gasteiger partial charge in [-0.15, -0.1) is 0 Å². The normalized spacial score (nSPS) is 10.8. The van der Waals surface area contributed by atoms with E-state index in [4.69, 9.17) is 9.26 Å². The second-order valence-corrected chi connectivity index (χ2v) is 5.44. The minimum atomic E-state index is -0.681. The number of fused-ring (bicyclic) bond motifs is 1. The molecule has 1 aromatic carbocycles. The van der Waals surface area contributed by atoms with Crippen molar-refractivity contribution in [1.29, 1.82) is 0 Å². The summed E-state index contributed by atoms with van der Waals surface area (Å²) in [6.07, 6.45) is 0. The van der Waals surface area contributed by atoms with Gasteiger partial charge in [-0.25, -0.2) is 9.78 Å². The van der Waals surface area contributed by atoms with Gasteiger partial charge in [-0.2, -0.15) is 0 Å². The van der Waals surface area contributed by atoms with Crippen LogP contribution in [-0.4, -0.2) is 27.8 Å². The van der Waals surface area contributed by atoms with Gasteiger partial charge in [-0.05, 0) is 29.5 Å². The second-order valence-electron chi connectivity index (χ2n) is 4.42. The molecule has 22 heavy (non-hydrogen) atoms. The third-order valence-corrected chi connectivity index (χ3v) is 3.80. The maximum atomic E-state index is 11.9. The van der Waals surface area contributed by atoms with Gasteiger partial charge in [0.15, 0.2) is 11.4 Å². The fourth-order valence-electron chi connectivity index (χ4n) is 2.11. The van der Waals surface area contributed by atoms with Crippen LogP contribution >= 0.6 is 22.6 Å². The number of nitrogens with zero attached hydrogens (tertiary/aromatic N) is 2. The lowest BCUT2D eigenvalue weighted by Gasteiger charge is -2.05. The Morgan fingerprint density at radius 3 is 2.77 bits per heavy atom. The Bertz CT molecular complexity index is 846. The van der Waals surface area contributed by atoms with Crippen LogP contribution in [0, 0.1) is 3.70 Å². The summed E-state index contributed by atoms with van der Waals surface area (Å²) in [6, 6.07) is 9.26. The standard InChI is InChI=1S/C15H11IN2O4/c1-2-21-15(20)11-12(19)9-10(8-6-4-3-5-7-8)18-22-13(9)14(16)17-11/h3-7,19H,2H2,1H3. The van der Waals surface area contributed by atoms with Gasteiger partial charge >= 0.3 is 5.97 Å². The Balaban J connectivity index is 2.27. The zero-order valence-corrected chi connectivity index (χ0v) is 13.7. The summed E-state index contributed by atoms with van der Waals surface area (Å²) in [5.41, 5.74) is 1.43. The zero-order valence-electron chi connectivity index (χ0n) is 11.5. The molecule has 0 aliphatic carbocycles. The molecule has 0 bridgehead atoms. The molecule has 0 radical (unpaired) electrons. The summed E-state index contributed by atoms with van der Waals surface area (Å²) in [6.45, 7) is 1.89. The number of pyridine rings is 1. The van der Waals surface area contributed by atoms with E-state index in [-0.39, 0.29) is 18.1 Å². The van der Waals surface area contributed by atoms with E-state index >= 15 is 0 Å². The summed E-state index contributed by atoms with van der Waals surface area (Å²) >= 11 is 1.93. The molecule has 0 fully saturated rings. The summed E-state index contributed by atoms with van der Waals surface area (Å²) in [5.74, 6) is -0.964. The van der Waals surface area contributed by atoms with Crippen molar-refractivity contribution in [2.24, 2.45) is 0 Å². The van der Waals surface area contributed by atoms with E-state index in [1.807, 2.05) is 52.9 Å².